The first-order valence-corrected chi connectivity index (χ1v) is 8.79. The fourth-order valence-electron chi connectivity index (χ4n) is 3.26. The molecular formula is C17H17ClO5. The summed E-state index contributed by atoms with van der Waals surface area (Å²) in [7, 11) is -4.94. The van der Waals surface area contributed by atoms with Gasteiger partial charge < -0.3 is 0 Å². The van der Waals surface area contributed by atoms with E-state index >= 15 is 0 Å². The number of hydrogen-bond donors (Lipinski definition) is 0. The van der Waals surface area contributed by atoms with Gasteiger partial charge in [0.1, 0.15) is 0 Å². The summed E-state index contributed by atoms with van der Waals surface area (Å²) in [5.74, 6) is 2.45. The molecule has 0 N–H and O–H groups in total. The Morgan fingerprint density at radius 3 is 2.04 bits per heavy atom. The minimum absolute atomic E-state index is 0.971. The number of rotatable bonds is 0. The van der Waals surface area contributed by atoms with Gasteiger partial charge in [0.25, 0.3) is 0 Å². The van der Waals surface area contributed by atoms with E-state index in [1.165, 1.54) is 53.0 Å². The van der Waals surface area contributed by atoms with E-state index in [0.29, 0.717) is 0 Å². The molecule has 0 bridgehead atoms. The number of benzene rings is 1. The van der Waals surface area contributed by atoms with Crippen molar-refractivity contribution in [3.05, 3.63) is 64.1 Å². The maximum absolute atomic E-state index is 8.49. The minimum Gasteiger partial charge on any atom is -0.222 e. The Kier molecular flexibility index (Phi) is 4.66. The molecule has 0 saturated carbocycles. The lowest BCUT2D eigenvalue weighted by Crippen LogP contribution is -2.68. The molecule has 1 aromatic carbocycles. The summed E-state index contributed by atoms with van der Waals surface area (Å²) < 4.78 is 40.2. The summed E-state index contributed by atoms with van der Waals surface area (Å²) in [5.41, 5.74) is 5.77. The maximum atomic E-state index is 8.49. The van der Waals surface area contributed by atoms with Crippen molar-refractivity contribution in [3.63, 3.8) is 0 Å². The standard InChI is InChI=1S/C17H17O.ClHO4/c1-2-6-13-11-17-15(9-12(13)5-1)10-14-7-3-4-8-16(14)18-17;2-1(3,4)5/h1-2,5-6,10H,3-4,7-9,11H2;(H,2,3,4,5)/q+1;/p-1. The molecule has 2 aliphatic carbocycles. The van der Waals surface area contributed by atoms with Gasteiger partial charge in [-0.15, -0.1) is 10.2 Å². The van der Waals surface area contributed by atoms with Gasteiger partial charge in [0.2, 0.25) is 0 Å². The van der Waals surface area contributed by atoms with Crippen LogP contribution in [0.5, 0.6) is 0 Å². The number of halogens is 1. The van der Waals surface area contributed by atoms with Crippen LogP contribution in [-0.2, 0) is 25.7 Å². The summed E-state index contributed by atoms with van der Waals surface area (Å²) in [6.45, 7) is 0. The van der Waals surface area contributed by atoms with Crippen LogP contribution in [-0.4, -0.2) is 0 Å². The van der Waals surface area contributed by atoms with Gasteiger partial charge in [-0.3, -0.25) is 0 Å². The van der Waals surface area contributed by atoms with Crippen molar-refractivity contribution in [1.82, 2.24) is 0 Å². The van der Waals surface area contributed by atoms with Crippen molar-refractivity contribution in [3.8, 4) is 0 Å². The first-order chi connectivity index (χ1) is 10.9. The lowest BCUT2D eigenvalue weighted by atomic mass is 9.87. The Bertz CT molecular complexity index is 649. The molecule has 0 saturated heterocycles. The third-order valence-electron chi connectivity index (χ3n) is 4.26. The molecule has 0 amide bonds. The fraction of sp³-hybridized carbons (Fsp3) is 0.353. The first kappa shape index (κ1) is 16.4. The molecule has 2 aromatic rings. The second-order valence-corrected chi connectivity index (χ2v) is 6.61. The van der Waals surface area contributed by atoms with Crippen LogP contribution in [0.4, 0.5) is 0 Å². The smallest absolute Gasteiger partial charge is 0.222 e. The Morgan fingerprint density at radius 1 is 0.739 bits per heavy atom. The van der Waals surface area contributed by atoms with Gasteiger partial charge in [-0.1, -0.05) is 24.3 Å². The fourth-order valence-corrected chi connectivity index (χ4v) is 3.26. The molecule has 1 heterocycles. The SMILES string of the molecule is [O-][Cl+3]([O-])([O-])[O-].c1ccc2c(c1)Cc1cc3c([o+]c1C2)CCCC3. The van der Waals surface area contributed by atoms with Gasteiger partial charge in [-0.25, -0.2) is 23.1 Å². The van der Waals surface area contributed by atoms with E-state index in [2.05, 4.69) is 30.3 Å². The summed E-state index contributed by atoms with van der Waals surface area (Å²) in [6.07, 6.45) is 6.95. The third kappa shape index (κ3) is 4.28. The third-order valence-corrected chi connectivity index (χ3v) is 4.26. The van der Waals surface area contributed by atoms with Crippen molar-refractivity contribution in [2.24, 2.45) is 0 Å². The maximum Gasteiger partial charge on any atom is 0.337 e. The molecule has 122 valence electrons. The van der Waals surface area contributed by atoms with E-state index in [1.54, 1.807) is 0 Å². The van der Waals surface area contributed by atoms with Crippen molar-refractivity contribution < 1.29 is 33.3 Å². The monoisotopic (exact) mass is 336 g/mol. The summed E-state index contributed by atoms with van der Waals surface area (Å²) in [4.78, 5) is 0. The highest BCUT2D eigenvalue weighted by Crippen LogP contribution is 2.31. The molecule has 2 aliphatic rings. The molecule has 0 atom stereocenters. The van der Waals surface area contributed by atoms with E-state index in [9.17, 15) is 0 Å². The second-order valence-electron chi connectivity index (χ2n) is 5.85. The van der Waals surface area contributed by atoms with E-state index in [-0.39, 0.29) is 0 Å². The highest BCUT2D eigenvalue weighted by molar-refractivity contribution is 5.43. The minimum atomic E-state index is -4.94. The average Bonchev–Trinajstić information content (AvgIpc) is 2.49. The van der Waals surface area contributed by atoms with Gasteiger partial charge in [-0.2, -0.15) is 0 Å². The summed E-state index contributed by atoms with van der Waals surface area (Å²) >= 11 is 0. The number of fused-ring (bicyclic) bond motifs is 3. The molecule has 1 aromatic heterocycles. The molecule has 0 unspecified atom stereocenters. The number of aryl methyl sites for hydroxylation is 2. The molecule has 0 fully saturated rings. The zero-order valence-corrected chi connectivity index (χ0v) is 13.3. The molecular weight excluding hydrogens is 320 g/mol. The molecule has 5 nitrogen and oxygen atoms in total. The van der Waals surface area contributed by atoms with Crippen molar-refractivity contribution in [2.45, 2.75) is 38.5 Å². The molecule has 0 spiro atoms. The van der Waals surface area contributed by atoms with Gasteiger partial charge in [-0.05, 0) is 36.5 Å². The van der Waals surface area contributed by atoms with Crippen LogP contribution >= 0.6 is 0 Å². The molecule has 0 radical (unpaired) electrons. The largest absolute Gasteiger partial charge is 0.337 e. The number of hydrogen-bond acceptors (Lipinski definition) is 4. The van der Waals surface area contributed by atoms with Crippen molar-refractivity contribution in [2.75, 3.05) is 0 Å². The Morgan fingerprint density at radius 2 is 1.35 bits per heavy atom. The van der Waals surface area contributed by atoms with Gasteiger partial charge in [0.05, 0.1) is 24.0 Å². The van der Waals surface area contributed by atoms with Crippen molar-refractivity contribution >= 4 is 0 Å². The van der Waals surface area contributed by atoms with Crippen LogP contribution in [0.2, 0.25) is 0 Å². The predicted molar refractivity (Wildman–Crippen MR) is 71.8 cm³/mol. The van der Waals surface area contributed by atoms with Gasteiger partial charge in [0.15, 0.2) is 0 Å². The van der Waals surface area contributed by atoms with Gasteiger partial charge in [0, 0.05) is 6.42 Å². The van der Waals surface area contributed by atoms with E-state index in [0.717, 1.165) is 19.3 Å². The van der Waals surface area contributed by atoms with Crippen LogP contribution in [0.25, 0.3) is 0 Å². The Hall–Kier alpha value is -1.50. The van der Waals surface area contributed by atoms with E-state index in [1.807, 2.05) is 0 Å². The highest BCUT2D eigenvalue weighted by atomic mass is 35.7. The Labute approximate surface area is 136 Å². The van der Waals surface area contributed by atoms with Crippen LogP contribution in [0, 0.1) is 10.2 Å². The van der Waals surface area contributed by atoms with Crippen LogP contribution in [0.1, 0.15) is 46.6 Å². The van der Waals surface area contributed by atoms with E-state index < -0.39 is 10.2 Å². The Balaban J connectivity index is 0.000000276. The lowest BCUT2D eigenvalue weighted by Gasteiger charge is -2.17. The van der Waals surface area contributed by atoms with E-state index in [4.69, 9.17) is 23.1 Å². The van der Waals surface area contributed by atoms with Gasteiger partial charge >= 0.3 is 11.5 Å². The average molecular weight is 337 g/mol. The molecule has 4 rings (SSSR count). The zero-order chi connectivity index (χ0) is 16.4. The summed E-state index contributed by atoms with van der Waals surface area (Å²) in [5, 5.41) is 0. The molecule has 6 heteroatoms. The highest BCUT2D eigenvalue weighted by Gasteiger charge is 2.29. The second kappa shape index (κ2) is 6.55. The van der Waals surface area contributed by atoms with Crippen LogP contribution < -0.4 is 18.6 Å². The zero-order valence-electron chi connectivity index (χ0n) is 12.5. The topological polar surface area (TPSA) is 104 Å². The predicted octanol–water partition coefficient (Wildman–Crippen LogP) is -0.821. The normalized spacial score (nSPS) is 15.7. The van der Waals surface area contributed by atoms with Crippen LogP contribution in [0.15, 0.2) is 34.7 Å². The molecule has 23 heavy (non-hydrogen) atoms. The van der Waals surface area contributed by atoms with Crippen LogP contribution in [0.3, 0.4) is 0 Å². The first-order valence-electron chi connectivity index (χ1n) is 7.55. The van der Waals surface area contributed by atoms with Crippen molar-refractivity contribution in [1.29, 1.82) is 0 Å². The summed E-state index contributed by atoms with van der Waals surface area (Å²) in [6, 6.07) is 11.1. The molecule has 0 aliphatic heterocycles. The quantitative estimate of drug-likeness (QED) is 0.499. The lowest BCUT2D eigenvalue weighted by molar-refractivity contribution is -2.00.